The number of nitrogens with zero attached hydrogens (tertiary/aromatic N) is 5. The molecule has 4 rings (SSSR count). The molecule has 0 aromatic carbocycles. The van der Waals surface area contributed by atoms with Crippen LogP contribution in [0.2, 0.25) is 0 Å². The quantitative estimate of drug-likeness (QED) is 0.785. The van der Waals surface area contributed by atoms with E-state index in [1.807, 2.05) is 6.07 Å². The summed E-state index contributed by atoms with van der Waals surface area (Å²) in [7, 11) is 0. The summed E-state index contributed by atoms with van der Waals surface area (Å²) in [6.07, 6.45) is 5.89. The number of piperidine rings is 1. The number of hydrogen-bond acceptors (Lipinski definition) is 5. The van der Waals surface area contributed by atoms with Crippen LogP contribution < -0.4 is 4.90 Å². The Morgan fingerprint density at radius 2 is 1.92 bits per heavy atom. The van der Waals surface area contributed by atoms with E-state index >= 15 is 0 Å². The lowest BCUT2D eigenvalue weighted by Crippen LogP contribution is -2.48. The van der Waals surface area contributed by atoms with Gasteiger partial charge in [0, 0.05) is 37.4 Å². The summed E-state index contributed by atoms with van der Waals surface area (Å²) in [5, 5.41) is 0. The molecule has 3 aliphatic heterocycles. The van der Waals surface area contributed by atoms with Gasteiger partial charge in [-0.25, -0.2) is 14.8 Å². The average Bonchev–Trinajstić information content (AvgIpc) is 3.19. The number of carbonyl (C=O) groups is 2. The lowest BCUT2D eigenvalue weighted by Gasteiger charge is -2.36. The first kappa shape index (κ1) is 15.4. The minimum absolute atomic E-state index is 0.0197. The Kier molecular flexibility index (Phi) is 3.86. The maximum atomic E-state index is 12.6. The van der Waals surface area contributed by atoms with Crippen molar-refractivity contribution in [2.24, 2.45) is 0 Å². The van der Waals surface area contributed by atoms with Gasteiger partial charge >= 0.3 is 6.03 Å². The molecule has 0 N–H and O–H groups in total. The summed E-state index contributed by atoms with van der Waals surface area (Å²) < 4.78 is 0. The van der Waals surface area contributed by atoms with Gasteiger partial charge in [0.2, 0.25) is 0 Å². The van der Waals surface area contributed by atoms with Crippen LogP contribution in [-0.4, -0.2) is 63.4 Å². The van der Waals surface area contributed by atoms with Crippen LogP contribution in [-0.2, 0) is 11.2 Å². The minimum atomic E-state index is -0.190. The number of aryl methyl sites for hydroxylation is 1. The minimum Gasteiger partial charge on any atom is -0.356 e. The van der Waals surface area contributed by atoms with Crippen molar-refractivity contribution in [3.63, 3.8) is 0 Å². The van der Waals surface area contributed by atoms with Crippen molar-refractivity contribution < 1.29 is 9.59 Å². The standard InChI is InChI=1S/C17H23N5O2/c1-2-12-10-15(19-11-18-12)20-8-5-13(6-9-20)22-16(23)14-4-3-7-21(14)17(22)24/h10-11,13-14H,2-9H2,1H3/t14-/m0/s1. The van der Waals surface area contributed by atoms with Crippen LogP contribution in [0.4, 0.5) is 10.6 Å². The SMILES string of the molecule is CCc1cc(N2CCC(N3C(=O)[C@@H]4CCCN4C3=O)CC2)ncn1. The molecule has 0 unspecified atom stereocenters. The molecular weight excluding hydrogens is 306 g/mol. The molecule has 24 heavy (non-hydrogen) atoms. The first-order valence-corrected chi connectivity index (χ1v) is 8.88. The fourth-order valence-electron chi connectivity index (χ4n) is 4.09. The van der Waals surface area contributed by atoms with E-state index < -0.39 is 0 Å². The Hall–Kier alpha value is -2.18. The number of urea groups is 1. The highest BCUT2D eigenvalue weighted by Gasteiger charge is 2.50. The Balaban J connectivity index is 1.43. The first-order valence-electron chi connectivity index (χ1n) is 8.88. The van der Waals surface area contributed by atoms with Gasteiger partial charge in [-0.2, -0.15) is 0 Å². The number of amides is 3. The fourth-order valence-corrected chi connectivity index (χ4v) is 4.09. The molecule has 3 saturated heterocycles. The molecule has 0 bridgehead atoms. The van der Waals surface area contributed by atoms with E-state index in [1.54, 1.807) is 16.1 Å². The molecule has 0 spiro atoms. The maximum absolute atomic E-state index is 12.6. The third kappa shape index (κ3) is 2.42. The molecule has 3 amide bonds. The van der Waals surface area contributed by atoms with Crippen LogP contribution in [0.3, 0.4) is 0 Å². The molecular formula is C17H23N5O2. The molecule has 1 aromatic rings. The predicted octanol–water partition coefficient (Wildman–Crippen LogP) is 1.43. The number of rotatable bonds is 3. The van der Waals surface area contributed by atoms with Gasteiger partial charge in [-0.3, -0.25) is 9.69 Å². The molecule has 0 radical (unpaired) electrons. The second-order valence-electron chi connectivity index (χ2n) is 6.78. The molecule has 1 atom stereocenters. The van der Waals surface area contributed by atoms with Gasteiger partial charge < -0.3 is 9.80 Å². The highest BCUT2D eigenvalue weighted by molar-refractivity contribution is 6.04. The smallest absolute Gasteiger partial charge is 0.327 e. The van der Waals surface area contributed by atoms with Gasteiger partial charge in [-0.05, 0) is 32.1 Å². The van der Waals surface area contributed by atoms with E-state index in [-0.39, 0.29) is 24.0 Å². The number of fused-ring (bicyclic) bond motifs is 1. The van der Waals surface area contributed by atoms with Gasteiger partial charge in [-0.15, -0.1) is 0 Å². The van der Waals surface area contributed by atoms with Gasteiger partial charge in [0.25, 0.3) is 5.91 Å². The van der Waals surface area contributed by atoms with Gasteiger partial charge in [0.1, 0.15) is 18.2 Å². The lowest BCUT2D eigenvalue weighted by molar-refractivity contribution is -0.129. The summed E-state index contributed by atoms with van der Waals surface area (Å²) in [5.41, 5.74) is 1.03. The molecule has 3 fully saturated rings. The summed E-state index contributed by atoms with van der Waals surface area (Å²) in [5.74, 6) is 0.964. The fraction of sp³-hybridized carbons (Fsp3) is 0.647. The first-order chi connectivity index (χ1) is 11.7. The molecule has 4 heterocycles. The average molecular weight is 329 g/mol. The molecule has 7 heteroatoms. The molecule has 0 saturated carbocycles. The van der Waals surface area contributed by atoms with Crippen molar-refractivity contribution in [1.82, 2.24) is 19.8 Å². The van der Waals surface area contributed by atoms with E-state index in [0.29, 0.717) is 0 Å². The van der Waals surface area contributed by atoms with Crippen molar-refractivity contribution >= 4 is 17.8 Å². The summed E-state index contributed by atoms with van der Waals surface area (Å²) in [6, 6.07) is 1.79. The normalized spacial score (nSPS) is 24.9. The number of aromatic nitrogens is 2. The van der Waals surface area contributed by atoms with Crippen LogP contribution in [0.1, 0.15) is 38.3 Å². The highest BCUT2D eigenvalue weighted by atomic mass is 16.2. The molecule has 7 nitrogen and oxygen atoms in total. The lowest BCUT2D eigenvalue weighted by atomic mass is 10.0. The van der Waals surface area contributed by atoms with Crippen LogP contribution in [0.25, 0.3) is 0 Å². The van der Waals surface area contributed by atoms with Crippen LogP contribution >= 0.6 is 0 Å². The zero-order valence-corrected chi connectivity index (χ0v) is 14.0. The van der Waals surface area contributed by atoms with E-state index in [0.717, 1.165) is 63.3 Å². The summed E-state index contributed by atoms with van der Waals surface area (Å²) >= 11 is 0. The Morgan fingerprint density at radius 3 is 2.62 bits per heavy atom. The number of hydrogen-bond donors (Lipinski definition) is 0. The highest BCUT2D eigenvalue weighted by Crippen LogP contribution is 2.32. The van der Waals surface area contributed by atoms with E-state index in [4.69, 9.17) is 0 Å². The second-order valence-corrected chi connectivity index (χ2v) is 6.78. The topological polar surface area (TPSA) is 69.6 Å². The van der Waals surface area contributed by atoms with E-state index in [2.05, 4.69) is 21.8 Å². The number of carbonyl (C=O) groups excluding carboxylic acids is 2. The van der Waals surface area contributed by atoms with Crippen molar-refractivity contribution in [1.29, 1.82) is 0 Å². The molecule has 3 aliphatic rings. The zero-order chi connectivity index (χ0) is 16.7. The Labute approximate surface area is 141 Å². The van der Waals surface area contributed by atoms with Gasteiger partial charge in [0.15, 0.2) is 0 Å². The second kappa shape index (κ2) is 6.03. The molecule has 128 valence electrons. The van der Waals surface area contributed by atoms with E-state index in [1.165, 1.54) is 0 Å². The zero-order valence-electron chi connectivity index (χ0n) is 14.0. The van der Waals surface area contributed by atoms with Crippen molar-refractivity contribution in [2.45, 2.75) is 51.1 Å². The summed E-state index contributed by atoms with van der Waals surface area (Å²) in [6.45, 7) is 4.43. The van der Waals surface area contributed by atoms with Crippen molar-refractivity contribution in [3.8, 4) is 0 Å². The Morgan fingerprint density at radius 1 is 1.12 bits per heavy atom. The monoisotopic (exact) mass is 329 g/mol. The van der Waals surface area contributed by atoms with Crippen molar-refractivity contribution in [2.75, 3.05) is 24.5 Å². The Bertz CT molecular complexity index is 634. The van der Waals surface area contributed by atoms with E-state index in [9.17, 15) is 9.59 Å². The van der Waals surface area contributed by atoms with Gasteiger partial charge in [0.05, 0.1) is 0 Å². The van der Waals surface area contributed by atoms with Crippen LogP contribution in [0.5, 0.6) is 0 Å². The van der Waals surface area contributed by atoms with Crippen molar-refractivity contribution in [3.05, 3.63) is 18.1 Å². The van der Waals surface area contributed by atoms with Crippen LogP contribution in [0.15, 0.2) is 12.4 Å². The van der Waals surface area contributed by atoms with Gasteiger partial charge in [-0.1, -0.05) is 6.92 Å². The third-order valence-corrected chi connectivity index (χ3v) is 5.45. The number of imide groups is 1. The molecule has 0 aliphatic carbocycles. The maximum Gasteiger partial charge on any atom is 0.327 e. The summed E-state index contributed by atoms with van der Waals surface area (Å²) in [4.78, 5) is 39.2. The third-order valence-electron chi connectivity index (χ3n) is 5.45. The number of anilines is 1. The predicted molar refractivity (Wildman–Crippen MR) is 88.6 cm³/mol. The van der Waals surface area contributed by atoms with Crippen LogP contribution in [0, 0.1) is 0 Å². The molecule has 1 aromatic heterocycles. The largest absolute Gasteiger partial charge is 0.356 e.